The molecule has 0 spiro atoms. The SMILES string of the molecule is CCCN1CCC(Nc2ccc(C(=O)NC3CCOCC3)nn2)CC1. The van der Waals surface area contributed by atoms with Gasteiger partial charge in [-0.05, 0) is 50.8 Å². The molecule has 0 aliphatic carbocycles. The molecule has 0 atom stereocenters. The Labute approximate surface area is 149 Å². The van der Waals surface area contributed by atoms with Gasteiger partial charge in [-0.2, -0.15) is 0 Å². The Balaban J connectivity index is 1.46. The van der Waals surface area contributed by atoms with Crippen LogP contribution in [0.3, 0.4) is 0 Å². The maximum atomic E-state index is 12.2. The van der Waals surface area contributed by atoms with E-state index in [1.54, 1.807) is 6.07 Å². The summed E-state index contributed by atoms with van der Waals surface area (Å²) >= 11 is 0. The van der Waals surface area contributed by atoms with E-state index >= 15 is 0 Å². The summed E-state index contributed by atoms with van der Waals surface area (Å²) in [5.74, 6) is 0.593. The van der Waals surface area contributed by atoms with Crippen molar-refractivity contribution in [3.63, 3.8) is 0 Å². The fraction of sp³-hybridized carbons (Fsp3) is 0.722. The van der Waals surface area contributed by atoms with E-state index in [-0.39, 0.29) is 11.9 Å². The maximum absolute atomic E-state index is 12.2. The topological polar surface area (TPSA) is 79.4 Å². The van der Waals surface area contributed by atoms with Crippen LogP contribution in [0.2, 0.25) is 0 Å². The number of anilines is 1. The molecule has 2 aliphatic rings. The standard InChI is InChI=1S/C18H29N5O2/c1-2-9-23-10-5-14(6-11-23)19-17-4-3-16(21-22-17)18(24)20-15-7-12-25-13-8-15/h3-4,14-15H,2,5-13H2,1H3,(H,19,22)(H,20,24). The lowest BCUT2D eigenvalue weighted by atomic mass is 10.0. The number of carbonyl (C=O) groups is 1. The third-order valence-electron chi connectivity index (χ3n) is 4.93. The van der Waals surface area contributed by atoms with Crippen molar-refractivity contribution in [3.8, 4) is 0 Å². The molecular formula is C18H29N5O2. The minimum absolute atomic E-state index is 0.154. The van der Waals surface area contributed by atoms with Crippen LogP contribution in [0.25, 0.3) is 0 Å². The second-order valence-corrected chi connectivity index (χ2v) is 6.92. The summed E-state index contributed by atoms with van der Waals surface area (Å²) in [6, 6.07) is 4.21. The lowest BCUT2D eigenvalue weighted by Gasteiger charge is -2.32. The molecule has 0 aromatic carbocycles. The predicted molar refractivity (Wildman–Crippen MR) is 96.7 cm³/mol. The number of hydrogen-bond acceptors (Lipinski definition) is 6. The Kier molecular flexibility index (Phi) is 6.58. The molecule has 3 rings (SSSR count). The Morgan fingerprint density at radius 3 is 2.56 bits per heavy atom. The molecule has 1 amide bonds. The van der Waals surface area contributed by atoms with E-state index in [1.807, 2.05) is 6.07 Å². The highest BCUT2D eigenvalue weighted by molar-refractivity contribution is 5.92. The van der Waals surface area contributed by atoms with Crippen molar-refractivity contribution in [2.75, 3.05) is 38.2 Å². The molecule has 2 fully saturated rings. The van der Waals surface area contributed by atoms with Crippen molar-refractivity contribution in [1.29, 1.82) is 0 Å². The van der Waals surface area contributed by atoms with Gasteiger partial charge in [0.25, 0.3) is 5.91 Å². The summed E-state index contributed by atoms with van der Waals surface area (Å²) in [5, 5.41) is 14.7. The summed E-state index contributed by atoms with van der Waals surface area (Å²) in [4.78, 5) is 14.7. The lowest BCUT2D eigenvalue weighted by Crippen LogP contribution is -2.40. The minimum atomic E-state index is -0.154. The number of nitrogens with zero attached hydrogens (tertiary/aromatic N) is 3. The molecule has 1 aromatic heterocycles. The van der Waals surface area contributed by atoms with Gasteiger partial charge in [-0.1, -0.05) is 6.92 Å². The number of likely N-dealkylation sites (tertiary alicyclic amines) is 1. The van der Waals surface area contributed by atoms with Gasteiger partial charge in [-0.15, -0.1) is 10.2 Å². The van der Waals surface area contributed by atoms with E-state index in [0.29, 0.717) is 24.9 Å². The zero-order chi connectivity index (χ0) is 17.5. The monoisotopic (exact) mass is 347 g/mol. The van der Waals surface area contributed by atoms with Crippen LogP contribution in [0.5, 0.6) is 0 Å². The summed E-state index contributed by atoms with van der Waals surface area (Å²) in [7, 11) is 0. The van der Waals surface area contributed by atoms with E-state index in [0.717, 1.165) is 44.6 Å². The molecule has 0 unspecified atom stereocenters. The van der Waals surface area contributed by atoms with E-state index in [9.17, 15) is 4.79 Å². The van der Waals surface area contributed by atoms with Crippen LogP contribution in [0.15, 0.2) is 12.1 Å². The molecule has 138 valence electrons. The van der Waals surface area contributed by atoms with Gasteiger partial charge in [0.1, 0.15) is 5.82 Å². The van der Waals surface area contributed by atoms with Crippen molar-refractivity contribution in [2.45, 2.75) is 51.1 Å². The van der Waals surface area contributed by atoms with Crippen molar-refractivity contribution >= 4 is 11.7 Å². The van der Waals surface area contributed by atoms with Gasteiger partial charge in [0.15, 0.2) is 5.69 Å². The average molecular weight is 347 g/mol. The van der Waals surface area contributed by atoms with Gasteiger partial charge in [0.2, 0.25) is 0 Å². The van der Waals surface area contributed by atoms with Crippen LogP contribution in [0, 0.1) is 0 Å². The second kappa shape index (κ2) is 9.10. The van der Waals surface area contributed by atoms with E-state index in [4.69, 9.17) is 4.74 Å². The van der Waals surface area contributed by atoms with Gasteiger partial charge in [0, 0.05) is 38.4 Å². The summed E-state index contributed by atoms with van der Waals surface area (Å²) < 4.78 is 5.30. The van der Waals surface area contributed by atoms with Crippen LogP contribution < -0.4 is 10.6 Å². The first-order valence-electron chi connectivity index (χ1n) is 9.46. The number of aromatic nitrogens is 2. The first-order chi connectivity index (χ1) is 12.2. The molecule has 2 N–H and O–H groups in total. The molecule has 7 heteroatoms. The Hall–Kier alpha value is -1.73. The van der Waals surface area contributed by atoms with Gasteiger partial charge >= 0.3 is 0 Å². The van der Waals surface area contributed by atoms with Crippen LogP contribution in [0.1, 0.15) is 49.5 Å². The van der Waals surface area contributed by atoms with Crippen molar-refractivity contribution in [3.05, 3.63) is 17.8 Å². The van der Waals surface area contributed by atoms with Crippen molar-refractivity contribution < 1.29 is 9.53 Å². The second-order valence-electron chi connectivity index (χ2n) is 6.92. The number of ether oxygens (including phenoxy) is 1. The molecule has 25 heavy (non-hydrogen) atoms. The molecule has 2 aliphatic heterocycles. The molecule has 7 nitrogen and oxygen atoms in total. The number of nitrogens with one attached hydrogen (secondary N) is 2. The summed E-state index contributed by atoms with van der Waals surface area (Å²) in [5.41, 5.74) is 0.370. The Morgan fingerprint density at radius 1 is 1.16 bits per heavy atom. The number of hydrogen-bond donors (Lipinski definition) is 2. The largest absolute Gasteiger partial charge is 0.381 e. The maximum Gasteiger partial charge on any atom is 0.272 e. The zero-order valence-electron chi connectivity index (χ0n) is 15.0. The third-order valence-corrected chi connectivity index (χ3v) is 4.93. The van der Waals surface area contributed by atoms with Crippen molar-refractivity contribution in [1.82, 2.24) is 20.4 Å². The van der Waals surface area contributed by atoms with Crippen molar-refractivity contribution in [2.24, 2.45) is 0 Å². The molecule has 0 bridgehead atoms. The van der Waals surface area contributed by atoms with E-state index in [1.165, 1.54) is 13.0 Å². The highest BCUT2D eigenvalue weighted by Crippen LogP contribution is 2.15. The molecule has 3 heterocycles. The van der Waals surface area contributed by atoms with E-state index in [2.05, 4.69) is 32.7 Å². The summed E-state index contributed by atoms with van der Waals surface area (Å²) in [6.07, 6.45) is 5.16. The summed E-state index contributed by atoms with van der Waals surface area (Å²) in [6.45, 7) is 7.07. The molecule has 2 saturated heterocycles. The normalized spacial score (nSPS) is 20.4. The molecular weight excluding hydrogens is 318 g/mol. The quantitative estimate of drug-likeness (QED) is 0.815. The van der Waals surface area contributed by atoms with Crippen LogP contribution in [-0.4, -0.2) is 65.9 Å². The number of carbonyl (C=O) groups excluding carboxylic acids is 1. The lowest BCUT2D eigenvalue weighted by molar-refractivity contribution is 0.0693. The average Bonchev–Trinajstić information content (AvgIpc) is 2.65. The highest BCUT2D eigenvalue weighted by Gasteiger charge is 2.20. The number of piperidine rings is 1. The van der Waals surface area contributed by atoms with Gasteiger partial charge in [-0.3, -0.25) is 4.79 Å². The van der Waals surface area contributed by atoms with Crippen LogP contribution in [-0.2, 0) is 4.74 Å². The van der Waals surface area contributed by atoms with Crippen LogP contribution in [0.4, 0.5) is 5.82 Å². The van der Waals surface area contributed by atoms with Gasteiger partial charge in [-0.25, -0.2) is 0 Å². The Bertz CT molecular complexity index is 537. The first kappa shape index (κ1) is 18.1. The number of amides is 1. The van der Waals surface area contributed by atoms with Crippen LogP contribution >= 0.6 is 0 Å². The molecule has 1 aromatic rings. The van der Waals surface area contributed by atoms with E-state index < -0.39 is 0 Å². The first-order valence-corrected chi connectivity index (χ1v) is 9.46. The predicted octanol–water partition coefficient (Wildman–Crippen LogP) is 1.67. The Morgan fingerprint density at radius 2 is 1.92 bits per heavy atom. The fourth-order valence-electron chi connectivity index (χ4n) is 3.46. The highest BCUT2D eigenvalue weighted by atomic mass is 16.5. The third kappa shape index (κ3) is 5.37. The van der Waals surface area contributed by atoms with Gasteiger partial charge < -0.3 is 20.3 Å². The fourth-order valence-corrected chi connectivity index (χ4v) is 3.46. The number of rotatable bonds is 6. The minimum Gasteiger partial charge on any atom is -0.381 e. The smallest absolute Gasteiger partial charge is 0.272 e. The molecule has 0 saturated carbocycles. The zero-order valence-corrected chi connectivity index (χ0v) is 15.0. The molecule has 0 radical (unpaired) electrons. The van der Waals surface area contributed by atoms with Gasteiger partial charge in [0.05, 0.1) is 0 Å².